The first kappa shape index (κ1) is 14.2. The summed E-state index contributed by atoms with van der Waals surface area (Å²) in [5.74, 6) is 0.335. The molecule has 1 heterocycles. The molecular formula is C18H23NO2. The zero-order valence-electron chi connectivity index (χ0n) is 12.7. The maximum atomic E-state index is 9.97. The van der Waals surface area contributed by atoms with Crippen LogP contribution in [0.5, 0.6) is 5.75 Å². The van der Waals surface area contributed by atoms with Gasteiger partial charge in [-0.3, -0.25) is 0 Å². The van der Waals surface area contributed by atoms with Gasteiger partial charge in [-0.25, -0.2) is 0 Å². The van der Waals surface area contributed by atoms with Crippen LogP contribution in [0.25, 0.3) is 10.8 Å². The van der Waals surface area contributed by atoms with E-state index in [9.17, 15) is 5.11 Å². The molecule has 112 valence electrons. The van der Waals surface area contributed by atoms with E-state index in [2.05, 4.69) is 31.3 Å². The van der Waals surface area contributed by atoms with Crippen LogP contribution in [0.3, 0.4) is 0 Å². The van der Waals surface area contributed by atoms with Crippen molar-refractivity contribution in [3.05, 3.63) is 36.4 Å². The number of hydrogen-bond donors (Lipinski definition) is 2. The normalized spacial score (nSPS) is 25.9. The molecule has 1 fully saturated rings. The highest BCUT2D eigenvalue weighted by molar-refractivity contribution is 5.97. The molecule has 2 unspecified atom stereocenters. The average Bonchev–Trinajstić information content (AvgIpc) is 2.49. The first-order chi connectivity index (χ1) is 10.1. The van der Waals surface area contributed by atoms with Crippen molar-refractivity contribution >= 4 is 16.5 Å². The lowest BCUT2D eigenvalue weighted by molar-refractivity contribution is -0.0708. The van der Waals surface area contributed by atoms with E-state index in [0.29, 0.717) is 11.8 Å². The Morgan fingerprint density at radius 3 is 2.81 bits per heavy atom. The third kappa shape index (κ3) is 2.84. The third-order valence-corrected chi connectivity index (χ3v) is 4.60. The van der Waals surface area contributed by atoms with Gasteiger partial charge >= 0.3 is 0 Å². The molecule has 0 saturated carbocycles. The number of fused-ring (bicyclic) bond motifs is 1. The molecule has 2 N–H and O–H groups in total. The largest absolute Gasteiger partial charge is 0.507 e. The van der Waals surface area contributed by atoms with Crippen molar-refractivity contribution in [3.8, 4) is 5.75 Å². The smallest absolute Gasteiger partial charge is 0.123 e. The van der Waals surface area contributed by atoms with Crippen LogP contribution in [-0.4, -0.2) is 23.4 Å². The lowest BCUT2D eigenvalue weighted by atomic mass is 9.89. The van der Waals surface area contributed by atoms with Crippen molar-refractivity contribution in [1.29, 1.82) is 0 Å². The highest BCUT2D eigenvalue weighted by Gasteiger charge is 2.31. The molecule has 0 spiro atoms. The summed E-state index contributed by atoms with van der Waals surface area (Å²) in [5.41, 5.74) is 1.07. The van der Waals surface area contributed by atoms with E-state index in [-0.39, 0.29) is 5.60 Å². The van der Waals surface area contributed by atoms with Crippen molar-refractivity contribution < 1.29 is 9.84 Å². The summed E-state index contributed by atoms with van der Waals surface area (Å²) in [4.78, 5) is 0. The summed E-state index contributed by atoms with van der Waals surface area (Å²) < 4.78 is 5.91. The summed E-state index contributed by atoms with van der Waals surface area (Å²) in [5, 5.41) is 15.6. The Morgan fingerprint density at radius 2 is 2.00 bits per heavy atom. The zero-order chi connectivity index (χ0) is 14.9. The first-order valence-corrected chi connectivity index (χ1v) is 7.72. The number of hydrogen-bond acceptors (Lipinski definition) is 3. The Balaban J connectivity index is 1.87. The summed E-state index contributed by atoms with van der Waals surface area (Å²) in [6, 6.07) is 12.1. The maximum Gasteiger partial charge on any atom is 0.123 e. The van der Waals surface area contributed by atoms with E-state index in [4.69, 9.17) is 4.74 Å². The molecular weight excluding hydrogens is 262 g/mol. The molecule has 3 heteroatoms. The number of anilines is 1. The van der Waals surface area contributed by atoms with Crippen LogP contribution in [0.15, 0.2) is 36.4 Å². The fourth-order valence-corrected chi connectivity index (χ4v) is 3.14. The minimum Gasteiger partial charge on any atom is -0.507 e. The van der Waals surface area contributed by atoms with E-state index in [0.717, 1.165) is 42.3 Å². The minimum atomic E-state index is -0.0252. The summed E-state index contributed by atoms with van der Waals surface area (Å²) in [6.07, 6.45) is 3.06. The van der Waals surface area contributed by atoms with Crippen LogP contribution in [0, 0.1) is 0 Å². The lowest BCUT2D eigenvalue weighted by Gasteiger charge is -2.38. The predicted octanol–water partition coefficient (Wildman–Crippen LogP) is 4.31. The van der Waals surface area contributed by atoms with E-state index in [1.807, 2.05) is 18.2 Å². The van der Waals surface area contributed by atoms with Gasteiger partial charge in [0.2, 0.25) is 0 Å². The van der Waals surface area contributed by atoms with Gasteiger partial charge in [-0.1, -0.05) is 31.2 Å². The van der Waals surface area contributed by atoms with Crippen LogP contribution < -0.4 is 5.32 Å². The molecule has 0 aliphatic carbocycles. The van der Waals surface area contributed by atoms with Gasteiger partial charge in [0, 0.05) is 29.1 Å². The van der Waals surface area contributed by atoms with Crippen molar-refractivity contribution in [2.45, 2.75) is 44.8 Å². The Bertz CT molecular complexity index is 640. The fourth-order valence-electron chi connectivity index (χ4n) is 3.14. The van der Waals surface area contributed by atoms with Crippen molar-refractivity contribution in [2.75, 3.05) is 11.9 Å². The highest BCUT2D eigenvalue weighted by Crippen LogP contribution is 2.33. The van der Waals surface area contributed by atoms with Crippen LogP contribution >= 0.6 is 0 Å². The summed E-state index contributed by atoms with van der Waals surface area (Å²) >= 11 is 0. The van der Waals surface area contributed by atoms with Crippen molar-refractivity contribution in [1.82, 2.24) is 0 Å². The van der Waals surface area contributed by atoms with Gasteiger partial charge in [0.05, 0.1) is 5.60 Å². The van der Waals surface area contributed by atoms with Gasteiger partial charge in [-0.05, 0) is 38.3 Å². The van der Waals surface area contributed by atoms with Gasteiger partial charge in [-0.2, -0.15) is 0 Å². The topological polar surface area (TPSA) is 41.5 Å². The van der Waals surface area contributed by atoms with E-state index in [1.54, 1.807) is 6.07 Å². The second kappa shape index (κ2) is 5.57. The molecule has 21 heavy (non-hydrogen) atoms. The molecule has 1 saturated heterocycles. The number of ether oxygens (including phenoxy) is 1. The van der Waals surface area contributed by atoms with Crippen molar-refractivity contribution in [2.24, 2.45) is 0 Å². The number of nitrogens with one attached hydrogen (secondary N) is 1. The van der Waals surface area contributed by atoms with Crippen LogP contribution in [0.2, 0.25) is 0 Å². The van der Waals surface area contributed by atoms with E-state index >= 15 is 0 Å². The van der Waals surface area contributed by atoms with Gasteiger partial charge in [0.1, 0.15) is 5.75 Å². The SMILES string of the molecule is CCC1(C)CC(Nc2cccc3c(O)cccc23)CCO1. The first-order valence-electron chi connectivity index (χ1n) is 7.72. The van der Waals surface area contributed by atoms with Gasteiger partial charge in [0.25, 0.3) is 0 Å². The monoisotopic (exact) mass is 285 g/mol. The molecule has 0 amide bonds. The Hall–Kier alpha value is -1.74. The van der Waals surface area contributed by atoms with Crippen molar-refractivity contribution in [3.63, 3.8) is 0 Å². The molecule has 3 nitrogen and oxygen atoms in total. The highest BCUT2D eigenvalue weighted by atomic mass is 16.5. The quantitative estimate of drug-likeness (QED) is 0.883. The van der Waals surface area contributed by atoms with E-state index in [1.165, 1.54) is 0 Å². The van der Waals surface area contributed by atoms with Crippen LogP contribution in [-0.2, 0) is 4.74 Å². The van der Waals surface area contributed by atoms with Gasteiger partial charge in [0.15, 0.2) is 0 Å². The maximum absolute atomic E-state index is 9.97. The Labute approximate surface area is 125 Å². The number of rotatable bonds is 3. The van der Waals surface area contributed by atoms with Crippen LogP contribution in [0.4, 0.5) is 5.69 Å². The lowest BCUT2D eigenvalue weighted by Crippen LogP contribution is -2.41. The third-order valence-electron chi connectivity index (χ3n) is 4.60. The number of benzene rings is 2. The Kier molecular flexibility index (Phi) is 3.77. The number of aromatic hydroxyl groups is 1. The fraction of sp³-hybridized carbons (Fsp3) is 0.444. The molecule has 2 aromatic rings. The molecule has 2 atom stereocenters. The predicted molar refractivity (Wildman–Crippen MR) is 86.9 cm³/mol. The minimum absolute atomic E-state index is 0.0252. The van der Waals surface area contributed by atoms with Crippen LogP contribution in [0.1, 0.15) is 33.1 Å². The molecule has 3 rings (SSSR count). The summed E-state index contributed by atoms with van der Waals surface area (Å²) in [7, 11) is 0. The molecule has 0 bridgehead atoms. The second-order valence-corrected chi connectivity index (χ2v) is 6.16. The molecule has 2 aromatic carbocycles. The van der Waals surface area contributed by atoms with E-state index < -0.39 is 0 Å². The molecule has 1 aliphatic heterocycles. The standard InChI is InChI=1S/C18H23NO2/c1-3-18(2)12-13(10-11-21-18)19-16-8-4-7-15-14(16)6-5-9-17(15)20/h4-9,13,19-20H,3,10-12H2,1-2H3. The van der Waals surface area contributed by atoms with Gasteiger partial charge < -0.3 is 15.2 Å². The molecule has 0 radical (unpaired) electrons. The summed E-state index contributed by atoms with van der Waals surface area (Å²) in [6.45, 7) is 5.17. The molecule has 0 aromatic heterocycles. The second-order valence-electron chi connectivity index (χ2n) is 6.16. The number of phenols is 1. The Morgan fingerprint density at radius 1 is 1.24 bits per heavy atom. The zero-order valence-corrected chi connectivity index (χ0v) is 12.7. The average molecular weight is 285 g/mol. The molecule has 1 aliphatic rings. The number of phenolic OH excluding ortho intramolecular Hbond substituents is 1. The van der Waals surface area contributed by atoms with Gasteiger partial charge in [-0.15, -0.1) is 0 Å².